The average molecular weight is 705 g/mol. The van der Waals surface area contributed by atoms with Crippen molar-refractivity contribution in [2.75, 3.05) is 20.2 Å². The van der Waals surface area contributed by atoms with E-state index in [2.05, 4.69) is 35.3 Å². The van der Waals surface area contributed by atoms with Crippen molar-refractivity contribution in [2.24, 2.45) is 0 Å². The van der Waals surface area contributed by atoms with Gasteiger partial charge in [0.1, 0.15) is 36.1 Å². The van der Waals surface area contributed by atoms with Crippen LogP contribution in [0.1, 0.15) is 50.4 Å². The largest absolute Gasteiger partial charge is 0.465 e. The number of alkyl carbamates (subject to hydrolysis) is 1. The number of amides is 4. The minimum atomic E-state index is -1.33. The zero-order valence-corrected chi connectivity index (χ0v) is 28.1. The fraction of sp³-hybridized carbons (Fsp3) is 0.371. The van der Waals surface area contributed by atoms with Gasteiger partial charge < -0.3 is 40.2 Å². The maximum absolute atomic E-state index is 14.5. The Morgan fingerprint density at radius 2 is 1.14 bits per heavy atom. The molecule has 2 fully saturated rings. The van der Waals surface area contributed by atoms with Gasteiger partial charge in [-0.05, 0) is 36.1 Å². The second-order valence-electron chi connectivity index (χ2n) is 12.7. The molecule has 14 nitrogen and oxygen atoms in total. The molecule has 2 aliphatic heterocycles. The Bertz CT molecular complexity index is 1900. The first-order valence-electron chi connectivity index (χ1n) is 16.5. The van der Waals surface area contributed by atoms with Crippen LogP contribution in [0.5, 0.6) is 0 Å². The number of alkyl halides is 2. The smallest absolute Gasteiger partial charge is 0.407 e. The van der Waals surface area contributed by atoms with Crippen LogP contribution in [-0.2, 0) is 14.3 Å². The summed E-state index contributed by atoms with van der Waals surface area (Å²) in [6, 6.07) is 12.3. The molecule has 51 heavy (non-hydrogen) atoms. The van der Waals surface area contributed by atoms with E-state index in [9.17, 15) is 28.0 Å². The number of imidazole rings is 2. The molecule has 5 N–H and O–H groups in total. The predicted molar refractivity (Wildman–Crippen MR) is 181 cm³/mol. The van der Waals surface area contributed by atoms with E-state index in [0.29, 0.717) is 23.0 Å². The zero-order valence-electron chi connectivity index (χ0n) is 28.1. The monoisotopic (exact) mass is 704 g/mol. The molecule has 0 aliphatic carbocycles. The first-order valence-corrected chi connectivity index (χ1v) is 16.5. The van der Waals surface area contributed by atoms with E-state index in [4.69, 9.17) is 5.11 Å². The van der Waals surface area contributed by atoms with Gasteiger partial charge in [-0.1, -0.05) is 48.5 Å². The van der Waals surface area contributed by atoms with Gasteiger partial charge in [-0.15, -0.1) is 0 Å². The predicted octanol–water partition coefficient (Wildman–Crippen LogP) is 4.76. The van der Waals surface area contributed by atoms with E-state index in [1.54, 1.807) is 12.4 Å². The van der Waals surface area contributed by atoms with Gasteiger partial charge in [-0.2, -0.15) is 0 Å². The number of hydrogen-bond donors (Lipinski definition) is 5. The summed E-state index contributed by atoms with van der Waals surface area (Å²) in [5.41, 5.74) is 4.96. The third-order valence-corrected chi connectivity index (χ3v) is 9.21. The van der Waals surface area contributed by atoms with Crippen molar-refractivity contribution in [2.45, 2.75) is 63.2 Å². The lowest BCUT2D eigenvalue weighted by Crippen LogP contribution is -2.47. The van der Waals surface area contributed by atoms with Crippen LogP contribution in [0.3, 0.4) is 0 Å². The minimum Gasteiger partial charge on any atom is -0.465 e. The van der Waals surface area contributed by atoms with Crippen LogP contribution < -0.4 is 10.6 Å². The van der Waals surface area contributed by atoms with Crippen LogP contribution in [0.15, 0.2) is 60.9 Å². The second kappa shape index (κ2) is 14.6. The minimum absolute atomic E-state index is 0.0551. The molecular weight excluding hydrogens is 666 g/mol. The number of likely N-dealkylation sites (tertiary alicyclic amines) is 2. The number of halogens is 2. The molecule has 0 saturated carbocycles. The summed E-state index contributed by atoms with van der Waals surface area (Å²) >= 11 is 0. The highest BCUT2D eigenvalue weighted by Gasteiger charge is 2.41. The highest BCUT2D eigenvalue weighted by molar-refractivity contribution is 5.86. The number of ether oxygens (including phenoxy) is 1. The number of hydrogen-bond acceptors (Lipinski definition) is 7. The van der Waals surface area contributed by atoms with Crippen LogP contribution in [-0.4, -0.2) is 103 Å². The lowest BCUT2D eigenvalue weighted by molar-refractivity contribution is -0.134. The van der Waals surface area contributed by atoms with Crippen LogP contribution in [0, 0.1) is 0 Å². The standard InChI is InChI=1S/C35H38F2N8O6/c1-18(40-34(48)49)32(46)44-16-24(36)12-28(44)30-38-14-26(42-30)22-8-4-20(5-9-22)21-6-10-23(11-7-21)27-15-39-31(43-27)29-13-25(37)17-45(29)33(47)19(2)41-35(50)51-3/h4-11,14-15,18-19,24-25,28-29,40H,12-13,16-17H2,1-3H3,(H,38,42)(H,39,43)(H,41,50)(H,48,49)/t18-,19-,24+,25+,28-,29-/m0/s1. The Kier molecular flexibility index (Phi) is 10.0. The van der Waals surface area contributed by atoms with Gasteiger partial charge in [0.25, 0.3) is 0 Å². The van der Waals surface area contributed by atoms with Crippen molar-refractivity contribution in [3.05, 3.63) is 72.6 Å². The number of carbonyl (C=O) groups is 4. The summed E-state index contributed by atoms with van der Waals surface area (Å²) in [6.45, 7) is 2.69. The molecule has 6 atom stereocenters. The van der Waals surface area contributed by atoms with Crippen molar-refractivity contribution < 1.29 is 37.8 Å². The molecule has 4 aromatic rings. The third-order valence-electron chi connectivity index (χ3n) is 9.21. The Morgan fingerprint density at radius 3 is 1.53 bits per heavy atom. The number of aromatic nitrogens is 4. The molecule has 2 saturated heterocycles. The normalized spacial score (nSPS) is 21.3. The van der Waals surface area contributed by atoms with Crippen LogP contribution in [0.2, 0.25) is 0 Å². The zero-order chi connectivity index (χ0) is 36.4. The molecule has 4 amide bonds. The average Bonchev–Trinajstić information content (AvgIpc) is 3.94. The highest BCUT2D eigenvalue weighted by Crippen LogP contribution is 2.36. The molecule has 6 rings (SSSR count). The first-order chi connectivity index (χ1) is 24.4. The topological polar surface area (TPSA) is 186 Å². The molecule has 2 aromatic carbocycles. The number of methoxy groups -OCH3 is 1. The van der Waals surface area contributed by atoms with Gasteiger partial charge in [0.15, 0.2) is 0 Å². The van der Waals surface area contributed by atoms with E-state index < -0.39 is 60.5 Å². The van der Waals surface area contributed by atoms with Crippen LogP contribution in [0.4, 0.5) is 18.4 Å². The van der Waals surface area contributed by atoms with E-state index in [1.807, 2.05) is 48.5 Å². The van der Waals surface area contributed by atoms with Gasteiger partial charge in [-0.25, -0.2) is 28.3 Å². The molecule has 4 heterocycles. The summed E-state index contributed by atoms with van der Waals surface area (Å²) in [7, 11) is 1.20. The maximum atomic E-state index is 14.5. The Balaban J connectivity index is 1.11. The molecule has 2 aliphatic rings. The summed E-state index contributed by atoms with van der Waals surface area (Å²) < 4.78 is 33.5. The van der Waals surface area contributed by atoms with Crippen molar-refractivity contribution >= 4 is 24.0 Å². The summed E-state index contributed by atoms with van der Waals surface area (Å²) in [5, 5.41) is 13.5. The quantitative estimate of drug-likeness (QED) is 0.165. The molecule has 0 radical (unpaired) electrons. The summed E-state index contributed by atoms with van der Waals surface area (Å²) in [6.07, 6.45) is -1.16. The molecule has 0 bridgehead atoms. The Morgan fingerprint density at radius 1 is 0.745 bits per heavy atom. The number of carbonyl (C=O) groups excluding carboxylic acids is 3. The fourth-order valence-electron chi connectivity index (χ4n) is 6.61. The molecule has 0 spiro atoms. The number of H-pyrrole nitrogens is 2. The lowest BCUT2D eigenvalue weighted by atomic mass is 10.0. The second-order valence-corrected chi connectivity index (χ2v) is 12.7. The number of benzene rings is 2. The lowest BCUT2D eigenvalue weighted by Gasteiger charge is -2.26. The number of rotatable bonds is 9. The summed E-state index contributed by atoms with van der Waals surface area (Å²) in [5.74, 6) is -0.0835. The maximum Gasteiger partial charge on any atom is 0.407 e. The molecule has 2 aromatic heterocycles. The van der Waals surface area contributed by atoms with Gasteiger partial charge in [-0.3, -0.25) is 9.59 Å². The number of aromatic amines is 2. The molecule has 0 unspecified atom stereocenters. The van der Waals surface area contributed by atoms with Crippen LogP contribution in [0.25, 0.3) is 33.6 Å². The van der Waals surface area contributed by atoms with Crippen molar-refractivity contribution in [3.63, 3.8) is 0 Å². The number of nitrogens with one attached hydrogen (secondary N) is 4. The van der Waals surface area contributed by atoms with Crippen LogP contribution >= 0.6 is 0 Å². The summed E-state index contributed by atoms with van der Waals surface area (Å²) in [4.78, 5) is 66.5. The van der Waals surface area contributed by atoms with Crippen molar-refractivity contribution in [3.8, 4) is 33.6 Å². The number of carboxylic acid groups (broad SMARTS) is 1. The fourth-order valence-corrected chi connectivity index (χ4v) is 6.61. The number of nitrogens with zero attached hydrogens (tertiary/aromatic N) is 4. The highest BCUT2D eigenvalue weighted by atomic mass is 19.1. The van der Waals surface area contributed by atoms with E-state index in [0.717, 1.165) is 22.3 Å². The van der Waals surface area contributed by atoms with Crippen molar-refractivity contribution in [1.29, 1.82) is 0 Å². The van der Waals surface area contributed by atoms with Gasteiger partial charge >= 0.3 is 12.2 Å². The van der Waals surface area contributed by atoms with E-state index in [-0.39, 0.29) is 25.9 Å². The van der Waals surface area contributed by atoms with Gasteiger partial charge in [0.05, 0.1) is 56.1 Å². The Hall–Kier alpha value is -5.80. The van der Waals surface area contributed by atoms with E-state index in [1.165, 1.54) is 30.8 Å². The first kappa shape index (κ1) is 35.0. The van der Waals surface area contributed by atoms with E-state index >= 15 is 0 Å². The van der Waals surface area contributed by atoms with Gasteiger partial charge in [0.2, 0.25) is 11.8 Å². The Labute approximate surface area is 291 Å². The molecular formula is C35H38F2N8O6. The van der Waals surface area contributed by atoms with Crippen molar-refractivity contribution in [1.82, 2.24) is 40.4 Å². The van der Waals surface area contributed by atoms with Gasteiger partial charge in [0, 0.05) is 12.8 Å². The third kappa shape index (κ3) is 7.54. The molecule has 16 heteroatoms. The molecule has 268 valence electrons. The SMILES string of the molecule is COC(=O)N[C@@H](C)C(=O)N1C[C@H](F)C[C@H]1c1ncc(-c2ccc(-c3ccc(-c4cnc([C@@H]5C[C@@H](F)CN5C(=O)[C@H](C)NC(=O)O)[nH]4)cc3)cc2)[nH]1.